The molecule has 0 bridgehead atoms. The normalized spacial score (nSPS) is 17.3. The van der Waals surface area contributed by atoms with Crippen LogP contribution in [0.2, 0.25) is 5.02 Å². The summed E-state index contributed by atoms with van der Waals surface area (Å²) in [5, 5.41) is 0.696. The van der Waals surface area contributed by atoms with E-state index in [1.807, 2.05) is 29.2 Å². The number of halogens is 2. The second-order valence-corrected chi connectivity index (χ2v) is 9.67. The van der Waals surface area contributed by atoms with Crippen LogP contribution in [0, 0.1) is 5.82 Å². The molecule has 2 aliphatic rings. The third kappa shape index (κ3) is 4.22. The summed E-state index contributed by atoms with van der Waals surface area (Å²) in [6.07, 6.45) is 1.76. The minimum atomic E-state index is -0.240. The number of nitrogens with zero attached hydrogens (tertiary/aromatic N) is 1. The molecule has 32 heavy (non-hydrogen) atoms. The monoisotopic (exact) mass is 463 g/mol. The molecule has 0 aromatic heterocycles. The number of fused-ring (bicyclic) bond motifs is 2. The molecule has 0 saturated carbocycles. The van der Waals surface area contributed by atoms with Crippen molar-refractivity contribution >= 4 is 34.8 Å². The van der Waals surface area contributed by atoms with Crippen molar-refractivity contribution in [2.45, 2.75) is 24.6 Å². The third-order valence-electron chi connectivity index (χ3n) is 6.27. The molecule has 0 N–H and O–H groups in total. The van der Waals surface area contributed by atoms with E-state index in [4.69, 9.17) is 11.6 Å². The van der Waals surface area contributed by atoms with E-state index in [2.05, 4.69) is 24.3 Å². The fourth-order valence-electron chi connectivity index (χ4n) is 4.77. The lowest BCUT2D eigenvalue weighted by atomic mass is 9.88. The summed E-state index contributed by atoms with van der Waals surface area (Å²) < 4.78 is 13.1. The van der Waals surface area contributed by atoms with Gasteiger partial charge in [0.2, 0.25) is 5.91 Å². The summed E-state index contributed by atoms with van der Waals surface area (Å²) in [6, 6.07) is 22.9. The number of carbonyl (C=O) groups is 1. The molecule has 1 heterocycles. The van der Waals surface area contributed by atoms with Crippen molar-refractivity contribution in [3.8, 4) is 0 Å². The number of amides is 1. The first-order valence-electron chi connectivity index (χ1n) is 10.8. The Hall–Kier alpha value is -2.56. The Bertz CT molecular complexity index is 1170. The second kappa shape index (κ2) is 9.13. The maximum absolute atomic E-state index is 13.4. The lowest BCUT2D eigenvalue weighted by molar-refractivity contribution is -0.130. The largest absolute Gasteiger partial charge is 0.331 e. The van der Waals surface area contributed by atoms with E-state index in [1.165, 1.54) is 34.4 Å². The fourth-order valence-corrected chi connectivity index (χ4v) is 5.77. The van der Waals surface area contributed by atoms with Crippen molar-refractivity contribution in [1.29, 1.82) is 0 Å². The molecule has 1 aliphatic carbocycles. The van der Waals surface area contributed by atoms with E-state index in [0.29, 0.717) is 23.1 Å². The Kier molecular flexibility index (Phi) is 6.07. The van der Waals surface area contributed by atoms with Gasteiger partial charge in [-0.1, -0.05) is 60.1 Å². The van der Waals surface area contributed by atoms with Crippen LogP contribution >= 0.6 is 23.4 Å². The van der Waals surface area contributed by atoms with Gasteiger partial charge in [-0.3, -0.25) is 4.79 Å². The molecule has 2 nitrogen and oxygen atoms in total. The summed E-state index contributed by atoms with van der Waals surface area (Å²) in [6.45, 7) is 0.705. The van der Waals surface area contributed by atoms with Crippen molar-refractivity contribution in [1.82, 2.24) is 4.90 Å². The van der Waals surface area contributed by atoms with Crippen molar-refractivity contribution in [2.75, 3.05) is 12.3 Å². The average molecular weight is 464 g/mol. The molecule has 0 spiro atoms. The first-order chi connectivity index (χ1) is 15.6. The van der Waals surface area contributed by atoms with Crippen molar-refractivity contribution in [3.63, 3.8) is 0 Å². The van der Waals surface area contributed by atoms with E-state index >= 15 is 0 Å². The van der Waals surface area contributed by atoms with Crippen LogP contribution in [0.4, 0.5) is 4.39 Å². The molecule has 1 atom stereocenters. The van der Waals surface area contributed by atoms with Gasteiger partial charge >= 0.3 is 0 Å². The zero-order valence-electron chi connectivity index (χ0n) is 17.6. The molecule has 0 fully saturated rings. The number of carbonyl (C=O) groups excluding carboxylic acids is 1. The molecule has 162 valence electrons. The number of hydrogen-bond acceptors (Lipinski definition) is 2. The highest BCUT2D eigenvalue weighted by atomic mass is 35.5. The molecule has 1 unspecified atom stereocenters. The minimum absolute atomic E-state index is 0.0673. The van der Waals surface area contributed by atoms with Crippen molar-refractivity contribution in [3.05, 3.63) is 111 Å². The number of benzene rings is 3. The number of hydrogen-bond donors (Lipinski definition) is 0. The van der Waals surface area contributed by atoms with Gasteiger partial charge in [-0.2, -0.15) is 0 Å². The van der Waals surface area contributed by atoms with Gasteiger partial charge in [0.1, 0.15) is 5.82 Å². The lowest BCUT2D eigenvalue weighted by Gasteiger charge is -2.38. The smallest absolute Gasteiger partial charge is 0.233 e. The van der Waals surface area contributed by atoms with Crippen LogP contribution in [-0.4, -0.2) is 23.1 Å². The van der Waals surface area contributed by atoms with Gasteiger partial charge in [-0.15, -0.1) is 11.8 Å². The molecule has 0 saturated heterocycles. The molecule has 5 rings (SSSR count). The molecule has 0 radical (unpaired) electrons. The minimum Gasteiger partial charge on any atom is -0.331 e. The van der Waals surface area contributed by atoms with Crippen LogP contribution < -0.4 is 0 Å². The van der Waals surface area contributed by atoms with Crippen molar-refractivity contribution in [2.24, 2.45) is 0 Å². The Morgan fingerprint density at radius 1 is 1.03 bits per heavy atom. The fraction of sp³-hybridized carbons (Fsp3) is 0.222. The maximum Gasteiger partial charge on any atom is 0.233 e. The van der Waals surface area contributed by atoms with E-state index < -0.39 is 0 Å². The first kappa shape index (κ1) is 21.3. The molecule has 3 aromatic carbocycles. The van der Waals surface area contributed by atoms with Crippen LogP contribution in [0.15, 0.2) is 78.4 Å². The van der Waals surface area contributed by atoms with Crippen molar-refractivity contribution < 1.29 is 9.18 Å². The van der Waals surface area contributed by atoms with Gasteiger partial charge in [-0.25, -0.2) is 4.39 Å². The van der Waals surface area contributed by atoms with Crippen LogP contribution in [0.3, 0.4) is 0 Å². The van der Waals surface area contributed by atoms with E-state index in [9.17, 15) is 9.18 Å². The summed E-state index contributed by atoms with van der Waals surface area (Å²) in [7, 11) is 0. The van der Waals surface area contributed by atoms with Gasteiger partial charge in [0, 0.05) is 17.3 Å². The Labute approximate surface area is 197 Å². The first-order valence-corrected chi connectivity index (χ1v) is 12.3. The Balaban J connectivity index is 1.38. The summed E-state index contributed by atoms with van der Waals surface area (Å²) >= 11 is 7.73. The zero-order valence-corrected chi connectivity index (χ0v) is 19.1. The highest BCUT2D eigenvalue weighted by molar-refractivity contribution is 7.99. The predicted molar refractivity (Wildman–Crippen MR) is 130 cm³/mol. The third-order valence-corrected chi connectivity index (χ3v) is 7.51. The standard InChI is InChI=1S/C27H23ClFNOS/c28-21-9-7-19(8-10-21)27-25-15-20-3-1-2-4-23(20)24(25)13-14-30(27)26(31)17-32-16-18-5-11-22(29)12-6-18/h1-12,27H,13-17H2. The quantitative estimate of drug-likeness (QED) is 0.419. The van der Waals surface area contributed by atoms with Crippen LogP contribution in [0.5, 0.6) is 0 Å². The van der Waals surface area contributed by atoms with Gasteiger partial charge in [0.15, 0.2) is 0 Å². The van der Waals surface area contributed by atoms with E-state index in [-0.39, 0.29) is 17.8 Å². The highest BCUT2D eigenvalue weighted by Gasteiger charge is 2.37. The van der Waals surface area contributed by atoms with Crippen LogP contribution in [-0.2, 0) is 17.0 Å². The summed E-state index contributed by atoms with van der Waals surface area (Å²) in [5.74, 6) is 0.983. The second-order valence-electron chi connectivity index (χ2n) is 8.25. The Morgan fingerprint density at radius 2 is 1.78 bits per heavy atom. The summed E-state index contributed by atoms with van der Waals surface area (Å²) in [4.78, 5) is 15.4. The zero-order chi connectivity index (χ0) is 22.1. The van der Waals surface area contributed by atoms with Gasteiger partial charge in [0.25, 0.3) is 0 Å². The summed E-state index contributed by atoms with van der Waals surface area (Å²) in [5.41, 5.74) is 7.52. The van der Waals surface area contributed by atoms with Gasteiger partial charge < -0.3 is 4.90 Å². The van der Waals surface area contributed by atoms with Gasteiger partial charge in [-0.05, 0) is 70.5 Å². The number of thioether (sulfide) groups is 1. The molecule has 1 aliphatic heterocycles. The molecule has 5 heteroatoms. The predicted octanol–water partition coefficient (Wildman–Crippen LogP) is 6.70. The maximum atomic E-state index is 13.4. The molecular weight excluding hydrogens is 441 g/mol. The molecular formula is C27H23ClFNOS. The van der Waals surface area contributed by atoms with E-state index in [0.717, 1.165) is 24.0 Å². The number of rotatable bonds is 5. The topological polar surface area (TPSA) is 20.3 Å². The van der Waals surface area contributed by atoms with E-state index in [1.54, 1.807) is 23.9 Å². The SMILES string of the molecule is O=C(CSCc1ccc(F)cc1)N1CCC2=C(Cc3ccccc32)C1c1ccc(Cl)cc1. The van der Waals surface area contributed by atoms with Crippen LogP contribution in [0.1, 0.15) is 34.7 Å². The molecule has 1 amide bonds. The highest BCUT2D eigenvalue weighted by Crippen LogP contribution is 2.46. The van der Waals surface area contributed by atoms with Gasteiger partial charge in [0.05, 0.1) is 11.8 Å². The molecule has 3 aromatic rings. The lowest BCUT2D eigenvalue weighted by Crippen LogP contribution is -2.40. The average Bonchev–Trinajstić information content (AvgIpc) is 3.19. The van der Waals surface area contributed by atoms with Crippen LogP contribution in [0.25, 0.3) is 5.57 Å². The Morgan fingerprint density at radius 3 is 2.56 bits per heavy atom.